The predicted octanol–water partition coefficient (Wildman–Crippen LogP) is 1.88. The lowest BCUT2D eigenvalue weighted by Crippen LogP contribution is -2.32. The van der Waals surface area contributed by atoms with E-state index in [4.69, 9.17) is 0 Å². The molecule has 0 spiro atoms. The maximum atomic E-state index is 11.8. The Balaban J connectivity index is 2.37. The molecule has 1 fully saturated rings. The molecule has 1 aliphatic rings. The molecule has 0 aliphatic carbocycles. The Kier molecular flexibility index (Phi) is 3.53. The molecule has 0 saturated carbocycles. The van der Waals surface area contributed by atoms with Gasteiger partial charge in [-0.3, -0.25) is 14.9 Å². The number of nitrogens with zero attached hydrogens (tertiary/aromatic N) is 2. The fraction of sp³-hybridized carbons (Fsp3) is 0.308. The van der Waals surface area contributed by atoms with E-state index in [2.05, 4.69) is 0 Å². The summed E-state index contributed by atoms with van der Waals surface area (Å²) in [6, 6.07) is 6.46. The summed E-state index contributed by atoms with van der Waals surface area (Å²) < 4.78 is 0. The van der Waals surface area contributed by atoms with Crippen molar-refractivity contribution < 1.29 is 9.72 Å². The first-order valence-electron chi connectivity index (χ1n) is 5.73. The largest absolute Gasteiger partial charge is 0.302 e. The summed E-state index contributed by atoms with van der Waals surface area (Å²) in [5.74, 6) is 0.0752. The molecule has 0 atom stereocenters. The molecular weight excluding hydrogens is 232 g/mol. The third-order valence-electron chi connectivity index (χ3n) is 2.98. The Morgan fingerprint density at radius 1 is 1.39 bits per heavy atom. The molecule has 2 rings (SSSR count). The summed E-state index contributed by atoms with van der Waals surface area (Å²) in [5, 5.41) is 10.9. The molecule has 0 N–H and O–H groups in total. The lowest BCUT2D eigenvalue weighted by Gasteiger charge is -2.23. The van der Waals surface area contributed by atoms with Crippen molar-refractivity contribution in [3.05, 3.63) is 45.5 Å². The van der Waals surface area contributed by atoms with Crippen LogP contribution in [0.5, 0.6) is 0 Å². The molecule has 18 heavy (non-hydrogen) atoms. The second-order valence-corrected chi connectivity index (χ2v) is 4.40. The summed E-state index contributed by atoms with van der Waals surface area (Å²) >= 11 is 0. The first-order valence-corrected chi connectivity index (χ1v) is 5.73. The van der Waals surface area contributed by atoms with E-state index >= 15 is 0 Å². The minimum atomic E-state index is -0.427. The van der Waals surface area contributed by atoms with Crippen LogP contribution in [0.2, 0.25) is 0 Å². The Morgan fingerprint density at radius 3 is 2.83 bits per heavy atom. The molecule has 0 aromatic heterocycles. The van der Waals surface area contributed by atoms with Gasteiger partial charge in [0.2, 0.25) is 0 Å². The van der Waals surface area contributed by atoms with Gasteiger partial charge in [-0.05, 0) is 19.2 Å². The van der Waals surface area contributed by atoms with E-state index in [-0.39, 0.29) is 11.5 Å². The van der Waals surface area contributed by atoms with Crippen LogP contribution in [0, 0.1) is 10.1 Å². The van der Waals surface area contributed by atoms with Gasteiger partial charge in [0.25, 0.3) is 5.69 Å². The van der Waals surface area contributed by atoms with E-state index in [0.29, 0.717) is 24.1 Å². The van der Waals surface area contributed by atoms with Crippen molar-refractivity contribution in [3.8, 4) is 0 Å². The maximum Gasteiger partial charge on any atom is 0.276 e. The van der Waals surface area contributed by atoms with Crippen LogP contribution in [0.4, 0.5) is 5.69 Å². The molecule has 0 radical (unpaired) electrons. The van der Waals surface area contributed by atoms with Gasteiger partial charge in [-0.25, -0.2) is 0 Å². The SMILES string of the molecule is CN1CCC(=O)/C(=C/c2ccccc2[N+](=O)[O-])C1. The number of hydrogen-bond donors (Lipinski definition) is 0. The number of hydrogen-bond acceptors (Lipinski definition) is 4. The monoisotopic (exact) mass is 246 g/mol. The van der Waals surface area contributed by atoms with Crippen molar-refractivity contribution in [2.75, 3.05) is 20.1 Å². The minimum Gasteiger partial charge on any atom is -0.302 e. The van der Waals surface area contributed by atoms with E-state index in [1.165, 1.54) is 6.07 Å². The van der Waals surface area contributed by atoms with E-state index in [1.807, 2.05) is 11.9 Å². The number of benzene rings is 1. The van der Waals surface area contributed by atoms with E-state index in [9.17, 15) is 14.9 Å². The van der Waals surface area contributed by atoms with Crippen molar-refractivity contribution in [2.45, 2.75) is 6.42 Å². The van der Waals surface area contributed by atoms with Crippen LogP contribution in [-0.2, 0) is 4.79 Å². The second-order valence-electron chi connectivity index (χ2n) is 4.40. The average Bonchev–Trinajstić information content (AvgIpc) is 2.34. The average molecular weight is 246 g/mol. The predicted molar refractivity (Wildman–Crippen MR) is 68.2 cm³/mol. The summed E-state index contributed by atoms with van der Waals surface area (Å²) in [7, 11) is 1.93. The zero-order valence-electron chi connectivity index (χ0n) is 10.1. The molecule has 94 valence electrons. The zero-order valence-corrected chi connectivity index (χ0v) is 10.1. The number of Topliss-reactive ketones (excluding diaryl/α,β-unsaturated/α-hetero) is 1. The van der Waals surface area contributed by atoms with Crippen molar-refractivity contribution in [1.82, 2.24) is 4.90 Å². The van der Waals surface area contributed by atoms with Gasteiger partial charge in [-0.15, -0.1) is 0 Å². The summed E-state index contributed by atoms with van der Waals surface area (Å²) in [6.07, 6.45) is 2.11. The standard InChI is InChI=1S/C13H14N2O3/c1-14-7-6-13(16)11(9-14)8-10-4-2-3-5-12(10)15(17)18/h2-5,8H,6-7,9H2,1H3/b11-8+. The zero-order chi connectivity index (χ0) is 13.1. The Hall–Kier alpha value is -2.01. The van der Waals surface area contributed by atoms with Gasteiger partial charge in [0.05, 0.1) is 10.5 Å². The van der Waals surface area contributed by atoms with Crippen LogP contribution in [0.1, 0.15) is 12.0 Å². The summed E-state index contributed by atoms with van der Waals surface area (Å²) in [4.78, 5) is 24.3. The molecule has 1 aliphatic heterocycles. The third kappa shape index (κ3) is 2.62. The quantitative estimate of drug-likeness (QED) is 0.454. The first-order chi connectivity index (χ1) is 8.58. The van der Waals surface area contributed by atoms with Gasteiger partial charge in [0.15, 0.2) is 5.78 Å². The van der Waals surface area contributed by atoms with Crippen LogP contribution in [0.3, 0.4) is 0 Å². The number of para-hydroxylation sites is 1. The fourth-order valence-electron chi connectivity index (χ4n) is 2.00. The molecular formula is C13H14N2O3. The van der Waals surface area contributed by atoms with Crippen molar-refractivity contribution in [2.24, 2.45) is 0 Å². The molecule has 5 nitrogen and oxygen atoms in total. The van der Waals surface area contributed by atoms with Crippen molar-refractivity contribution in [3.63, 3.8) is 0 Å². The molecule has 1 aromatic rings. The summed E-state index contributed by atoms with van der Waals surface area (Å²) in [6.45, 7) is 1.29. The van der Waals surface area contributed by atoms with E-state index in [1.54, 1.807) is 24.3 Å². The van der Waals surface area contributed by atoms with Crippen LogP contribution in [-0.4, -0.2) is 35.7 Å². The highest BCUT2D eigenvalue weighted by atomic mass is 16.6. The van der Waals surface area contributed by atoms with Crippen molar-refractivity contribution >= 4 is 17.5 Å². The number of likely N-dealkylation sites (N-methyl/N-ethyl adjacent to an activating group) is 1. The number of rotatable bonds is 2. The normalized spacial score (nSPS) is 19.2. The topological polar surface area (TPSA) is 63.5 Å². The van der Waals surface area contributed by atoms with Gasteiger partial charge in [0, 0.05) is 31.1 Å². The smallest absolute Gasteiger partial charge is 0.276 e. The molecule has 0 amide bonds. The number of carbonyl (C=O) groups is 1. The van der Waals surface area contributed by atoms with Gasteiger partial charge in [-0.1, -0.05) is 12.1 Å². The van der Waals surface area contributed by atoms with Crippen LogP contribution < -0.4 is 0 Å². The highest BCUT2D eigenvalue weighted by molar-refractivity contribution is 6.01. The molecule has 1 aromatic carbocycles. The molecule has 1 heterocycles. The number of nitro groups is 1. The van der Waals surface area contributed by atoms with Crippen LogP contribution in [0.25, 0.3) is 6.08 Å². The summed E-state index contributed by atoms with van der Waals surface area (Å²) in [5.41, 5.74) is 1.16. The molecule has 0 bridgehead atoms. The third-order valence-corrected chi connectivity index (χ3v) is 2.98. The second kappa shape index (κ2) is 5.10. The maximum absolute atomic E-state index is 11.8. The van der Waals surface area contributed by atoms with Gasteiger partial charge >= 0.3 is 0 Å². The Bertz CT molecular complexity index is 523. The minimum absolute atomic E-state index is 0.0334. The van der Waals surface area contributed by atoms with Gasteiger partial charge in [0.1, 0.15) is 0 Å². The highest BCUT2D eigenvalue weighted by Crippen LogP contribution is 2.22. The van der Waals surface area contributed by atoms with E-state index in [0.717, 1.165) is 6.54 Å². The highest BCUT2D eigenvalue weighted by Gasteiger charge is 2.20. The molecule has 5 heteroatoms. The Labute approximate surface area is 105 Å². The lowest BCUT2D eigenvalue weighted by atomic mass is 10.0. The fourth-order valence-corrected chi connectivity index (χ4v) is 2.00. The number of carbonyl (C=O) groups excluding carboxylic acids is 1. The number of ketones is 1. The van der Waals surface area contributed by atoms with E-state index < -0.39 is 4.92 Å². The lowest BCUT2D eigenvalue weighted by molar-refractivity contribution is -0.385. The van der Waals surface area contributed by atoms with Crippen molar-refractivity contribution in [1.29, 1.82) is 0 Å². The molecule has 0 unspecified atom stereocenters. The first kappa shape index (κ1) is 12.4. The van der Waals surface area contributed by atoms with Crippen LogP contribution >= 0.6 is 0 Å². The molecule has 1 saturated heterocycles. The number of nitro benzene ring substituents is 1. The Morgan fingerprint density at radius 2 is 2.11 bits per heavy atom. The number of likely N-dealkylation sites (tertiary alicyclic amines) is 1. The van der Waals surface area contributed by atoms with Gasteiger partial charge < -0.3 is 4.90 Å². The van der Waals surface area contributed by atoms with Crippen LogP contribution in [0.15, 0.2) is 29.8 Å². The number of piperidine rings is 1. The van der Waals surface area contributed by atoms with Gasteiger partial charge in [-0.2, -0.15) is 0 Å².